The van der Waals surface area contributed by atoms with Crippen LogP contribution in [0.15, 0.2) is 6.07 Å². The molecule has 0 unspecified atom stereocenters. The molecule has 4 nitrogen and oxygen atoms in total. The molecule has 1 aromatic heterocycles. The molecule has 0 atom stereocenters. The molecule has 106 valence electrons. The maximum absolute atomic E-state index is 13.6. The van der Waals surface area contributed by atoms with E-state index >= 15 is 0 Å². The minimum Gasteiger partial charge on any atom is -0.385 e. The second kappa shape index (κ2) is 5.69. The Hall–Kier alpha value is -1.43. The molecule has 1 heterocycles. The van der Waals surface area contributed by atoms with Gasteiger partial charge in [0, 0.05) is 33.4 Å². The molecule has 0 spiro atoms. The summed E-state index contributed by atoms with van der Waals surface area (Å²) < 4.78 is 31.9. The van der Waals surface area contributed by atoms with Crippen LogP contribution in [-0.4, -0.2) is 32.3 Å². The van der Waals surface area contributed by atoms with Crippen molar-refractivity contribution in [1.82, 2.24) is 4.98 Å². The Morgan fingerprint density at radius 1 is 1.32 bits per heavy atom. The number of ether oxygens (including phenoxy) is 1. The maximum atomic E-state index is 13.6. The van der Waals surface area contributed by atoms with Crippen molar-refractivity contribution in [3.8, 4) is 0 Å². The lowest BCUT2D eigenvalue weighted by atomic mass is 10.0. The van der Waals surface area contributed by atoms with E-state index < -0.39 is 11.6 Å². The van der Waals surface area contributed by atoms with E-state index in [0.29, 0.717) is 13.2 Å². The van der Waals surface area contributed by atoms with Crippen LogP contribution in [0.3, 0.4) is 0 Å². The Morgan fingerprint density at radius 2 is 2.00 bits per heavy atom. The van der Waals surface area contributed by atoms with Crippen molar-refractivity contribution in [3.63, 3.8) is 0 Å². The third-order valence-corrected chi connectivity index (χ3v) is 3.59. The third-order valence-electron chi connectivity index (χ3n) is 3.59. The first kappa shape index (κ1) is 14.0. The summed E-state index contributed by atoms with van der Waals surface area (Å²) >= 11 is 0. The van der Waals surface area contributed by atoms with E-state index in [1.807, 2.05) is 0 Å². The van der Waals surface area contributed by atoms with E-state index in [4.69, 9.17) is 4.74 Å². The summed E-state index contributed by atoms with van der Waals surface area (Å²) in [6.45, 7) is 1.33. The van der Waals surface area contributed by atoms with Crippen molar-refractivity contribution in [1.29, 1.82) is 0 Å². The first-order valence-corrected chi connectivity index (χ1v) is 6.37. The fourth-order valence-electron chi connectivity index (χ4n) is 2.05. The highest BCUT2D eigenvalue weighted by Gasteiger charge is 2.41. The molecule has 6 heteroatoms. The van der Waals surface area contributed by atoms with E-state index in [1.54, 1.807) is 14.2 Å². The van der Waals surface area contributed by atoms with Crippen molar-refractivity contribution in [2.45, 2.75) is 19.3 Å². The summed E-state index contributed by atoms with van der Waals surface area (Å²) in [6.07, 6.45) is 3.15. The minimum atomic E-state index is -0.689. The summed E-state index contributed by atoms with van der Waals surface area (Å²) in [5.74, 6) is -1.22. The number of aromatic nitrogens is 1. The highest BCUT2D eigenvalue weighted by atomic mass is 19.1. The molecule has 0 aliphatic heterocycles. The molecule has 2 rings (SSSR count). The molecule has 1 saturated carbocycles. The number of hydrogen-bond acceptors (Lipinski definition) is 4. The normalized spacial score (nSPS) is 16.2. The standard InChI is InChI=1S/C13H19F2N3O/c1-16-11-9(14)7-10(15)12(18-11)17-8-13(3-4-13)5-6-19-2/h7H,3-6,8H2,1-2H3,(H2,16,17,18). The van der Waals surface area contributed by atoms with Gasteiger partial charge in [0.25, 0.3) is 0 Å². The van der Waals surface area contributed by atoms with Crippen LogP contribution in [0.5, 0.6) is 0 Å². The zero-order valence-electron chi connectivity index (χ0n) is 11.2. The first-order chi connectivity index (χ1) is 9.10. The SMILES string of the molecule is CNc1nc(NCC2(CCOC)CC2)c(F)cc1F. The van der Waals surface area contributed by atoms with Gasteiger partial charge in [0.15, 0.2) is 23.3 Å². The minimum absolute atomic E-state index is 0.0469. The summed E-state index contributed by atoms with van der Waals surface area (Å²) in [7, 11) is 3.22. The van der Waals surface area contributed by atoms with Gasteiger partial charge in [-0.3, -0.25) is 0 Å². The molecule has 1 aromatic rings. The Kier molecular flexibility index (Phi) is 4.19. The molecule has 0 bridgehead atoms. The first-order valence-electron chi connectivity index (χ1n) is 6.37. The van der Waals surface area contributed by atoms with Crippen LogP contribution in [-0.2, 0) is 4.74 Å². The number of pyridine rings is 1. The number of methoxy groups -OCH3 is 1. The number of halogens is 2. The van der Waals surface area contributed by atoms with Crippen LogP contribution in [0.25, 0.3) is 0 Å². The van der Waals surface area contributed by atoms with Crippen LogP contribution in [0, 0.1) is 17.0 Å². The van der Waals surface area contributed by atoms with Crippen molar-refractivity contribution in [3.05, 3.63) is 17.7 Å². The average molecular weight is 271 g/mol. The molecule has 1 aliphatic carbocycles. The van der Waals surface area contributed by atoms with Gasteiger partial charge in [-0.15, -0.1) is 0 Å². The zero-order chi connectivity index (χ0) is 13.9. The number of anilines is 2. The summed E-state index contributed by atoms with van der Waals surface area (Å²) in [6, 6.07) is 0.843. The second-order valence-electron chi connectivity index (χ2n) is 5.00. The van der Waals surface area contributed by atoms with Gasteiger partial charge in [0.2, 0.25) is 0 Å². The van der Waals surface area contributed by atoms with E-state index in [0.717, 1.165) is 25.3 Å². The summed E-state index contributed by atoms with van der Waals surface area (Å²) in [5.41, 5.74) is 0.179. The quantitative estimate of drug-likeness (QED) is 0.800. The van der Waals surface area contributed by atoms with Crippen LogP contribution in [0.2, 0.25) is 0 Å². The molecular formula is C13H19F2N3O. The Balaban J connectivity index is 1.99. The van der Waals surface area contributed by atoms with Crippen molar-refractivity contribution in [2.24, 2.45) is 5.41 Å². The summed E-state index contributed by atoms with van der Waals surface area (Å²) in [5, 5.41) is 5.58. The molecule has 0 radical (unpaired) electrons. The van der Waals surface area contributed by atoms with Gasteiger partial charge in [-0.1, -0.05) is 0 Å². The number of nitrogens with zero attached hydrogens (tertiary/aromatic N) is 1. The molecule has 1 fully saturated rings. The molecule has 0 saturated heterocycles. The molecule has 0 amide bonds. The fraction of sp³-hybridized carbons (Fsp3) is 0.615. The van der Waals surface area contributed by atoms with E-state index in [9.17, 15) is 8.78 Å². The van der Waals surface area contributed by atoms with E-state index in [1.165, 1.54) is 0 Å². The highest BCUT2D eigenvalue weighted by molar-refractivity contribution is 5.47. The molecule has 0 aromatic carbocycles. The lowest BCUT2D eigenvalue weighted by Crippen LogP contribution is -2.19. The number of hydrogen-bond donors (Lipinski definition) is 2. The van der Waals surface area contributed by atoms with Crippen LogP contribution in [0.4, 0.5) is 20.4 Å². The summed E-state index contributed by atoms with van der Waals surface area (Å²) in [4.78, 5) is 3.90. The Labute approximate surface area is 111 Å². The predicted octanol–water partition coefficient (Wildman–Crippen LogP) is 2.63. The van der Waals surface area contributed by atoms with Crippen molar-refractivity contribution >= 4 is 11.6 Å². The maximum Gasteiger partial charge on any atom is 0.168 e. The van der Waals surface area contributed by atoms with Gasteiger partial charge in [-0.05, 0) is 24.7 Å². The van der Waals surface area contributed by atoms with Crippen molar-refractivity contribution < 1.29 is 13.5 Å². The average Bonchev–Trinajstić information content (AvgIpc) is 3.16. The van der Waals surface area contributed by atoms with Gasteiger partial charge in [0.05, 0.1) is 0 Å². The third kappa shape index (κ3) is 3.32. The van der Waals surface area contributed by atoms with E-state index in [2.05, 4.69) is 15.6 Å². The van der Waals surface area contributed by atoms with Gasteiger partial charge >= 0.3 is 0 Å². The largest absolute Gasteiger partial charge is 0.385 e. The fourth-order valence-corrected chi connectivity index (χ4v) is 2.05. The van der Waals surface area contributed by atoms with Gasteiger partial charge in [-0.2, -0.15) is 0 Å². The smallest absolute Gasteiger partial charge is 0.168 e. The monoisotopic (exact) mass is 271 g/mol. The number of nitrogens with one attached hydrogen (secondary N) is 2. The molecular weight excluding hydrogens is 252 g/mol. The predicted molar refractivity (Wildman–Crippen MR) is 70.3 cm³/mol. The van der Waals surface area contributed by atoms with Gasteiger partial charge in [-0.25, -0.2) is 13.8 Å². The Bertz CT molecular complexity index is 450. The van der Waals surface area contributed by atoms with Crippen molar-refractivity contribution in [2.75, 3.05) is 37.9 Å². The Morgan fingerprint density at radius 3 is 2.58 bits per heavy atom. The lowest BCUT2D eigenvalue weighted by Gasteiger charge is -2.16. The molecule has 19 heavy (non-hydrogen) atoms. The van der Waals surface area contributed by atoms with Crippen LogP contribution < -0.4 is 10.6 Å². The van der Waals surface area contributed by atoms with Crippen LogP contribution in [0.1, 0.15) is 19.3 Å². The van der Waals surface area contributed by atoms with E-state index in [-0.39, 0.29) is 17.1 Å². The molecule has 2 N–H and O–H groups in total. The lowest BCUT2D eigenvalue weighted by molar-refractivity contribution is 0.175. The topological polar surface area (TPSA) is 46.2 Å². The number of rotatable bonds is 7. The van der Waals surface area contributed by atoms with Crippen LogP contribution >= 0.6 is 0 Å². The van der Waals surface area contributed by atoms with Gasteiger partial charge < -0.3 is 15.4 Å². The second-order valence-corrected chi connectivity index (χ2v) is 5.00. The molecule has 1 aliphatic rings. The zero-order valence-corrected chi connectivity index (χ0v) is 11.2. The van der Waals surface area contributed by atoms with Gasteiger partial charge in [0.1, 0.15) is 0 Å². The highest BCUT2D eigenvalue weighted by Crippen LogP contribution is 2.48.